The second kappa shape index (κ2) is 8.62. The largest absolute Gasteiger partial charge is 0.486 e. The first-order valence-corrected chi connectivity index (χ1v) is 11.2. The highest BCUT2D eigenvalue weighted by Crippen LogP contribution is 2.30. The van der Waals surface area contributed by atoms with Crippen LogP contribution in [0.1, 0.15) is 21.9 Å². The van der Waals surface area contributed by atoms with Crippen LogP contribution in [-0.2, 0) is 22.0 Å². The van der Waals surface area contributed by atoms with Gasteiger partial charge >= 0.3 is 0 Å². The molecule has 2 heterocycles. The van der Waals surface area contributed by atoms with Crippen molar-refractivity contribution >= 4 is 15.7 Å². The summed E-state index contributed by atoms with van der Waals surface area (Å²) in [6.07, 6.45) is 0.609. The topological polar surface area (TPSA) is 94.8 Å². The number of benzene rings is 2. The van der Waals surface area contributed by atoms with E-state index in [2.05, 4.69) is 5.32 Å². The molecular formula is C22H21NO6S. The monoisotopic (exact) mass is 427 g/mol. The Balaban J connectivity index is 1.32. The summed E-state index contributed by atoms with van der Waals surface area (Å²) in [6.45, 7) is 1.46. The fourth-order valence-electron chi connectivity index (χ4n) is 3.13. The maximum absolute atomic E-state index is 12.4. The smallest absolute Gasteiger partial charge is 0.287 e. The average molecular weight is 427 g/mol. The Kier molecular flexibility index (Phi) is 5.76. The molecule has 0 atom stereocenters. The Morgan fingerprint density at radius 2 is 1.70 bits per heavy atom. The van der Waals surface area contributed by atoms with Crippen LogP contribution < -0.4 is 14.8 Å². The second-order valence-electron chi connectivity index (χ2n) is 6.82. The molecule has 1 aliphatic rings. The minimum absolute atomic E-state index is 0.0791. The second-order valence-corrected chi connectivity index (χ2v) is 8.81. The number of carbonyl (C=O) groups excluding carboxylic acids is 1. The van der Waals surface area contributed by atoms with Crippen LogP contribution in [0.2, 0.25) is 0 Å². The third-order valence-electron chi connectivity index (χ3n) is 4.63. The molecule has 0 saturated carbocycles. The number of nitrogens with one attached hydrogen (secondary N) is 1. The van der Waals surface area contributed by atoms with Gasteiger partial charge in [-0.2, -0.15) is 0 Å². The number of hydrogen-bond donors (Lipinski definition) is 1. The van der Waals surface area contributed by atoms with E-state index in [0.29, 0.717) is 31.9 Å². The third-order valence-corrected chi connectivity index (χ3v) is 6.28. The highest BCUT2D eigenvalue weighted by molar-refractivity contribution is 7.90. The molecule has 0 bridgehead atoms. The molecule has 0 spiro atoms. The van der Waals surface area contributed by atoms with Crippen LogP contribution in [0.3, 0.4) is 0 Å². The van der Waals surface area contributed by atoms with Crippen molar-refractivity contribution in [3.05, 3.63) is 77.7 Å². The number of furan rings is 1. The van der Waals surface area contributed by atoms with Crippen molar-refractivity contribution in [2.75, 3.05) is 19.8 Å². The number of hydrogen-bond acceptors (Lipinski definition) is 6. The van der Waals surface area contributed by atoms with E-state index in [0.717, 1.165) is 11.3 Å². The zero-order valence-electron chi connectivity index (χ0n) is 16.2. The maximum atomic E-state index is 12.4. The lowest BCUT2D eigenvalue weighted by Gasteiger charge is -2.18. The van der Waals surface area contributed by atoms with Crippen LogP contribution in [-0.4, -0.2) is 34.1 Å². The average Bonchev–Trinajstić information content (AvgIpc) is 3.22. The van der Waals surface area contributed by atoms with Crippen LogP contribution in [0.4, 0.5) is 0 Å². The molecule has 156 valence electrons. The zero-order chi connectivity index (χ0) is 21.0. The predicted octanol–water partition coefficient (Wildman–Crippen LogP) is 3.00. The standard InChI is InChI=1S/C22H21NO6S/c24-22(23-11-10-16-6-8-19-21(14-16)28-13-12-27-19)20-9-7-17(29-20)15-30(25,26)18-4-2-1-3-5-18/h1-9,14H,10-13,15H2,(H,23,24). The molecule has 2 aromatic carbocycles. The van der Waals surface area contributed by atoms with Crippen molar-refractivity contribution < 1.29 is 27.1 Å². The normalized spacial score (nSPS) is 13.1. The van der Waals surface area contributed by atoms with Crippen molar-refractivity contribution in [1.82, 2.24) is 5.32 Å². The molecular weight excluding hydrogens is 406 g/mol. The van der Waals surface area contributed by atoms with Gasteiger partial charge in [0.2, 0.25) is 0 Å². The molecule has 1 amide bonds. The molecule has 1 aliphatic heterocycles. The number of ether oxygens (including phenoxy) is 2. The summed E-state index contributed by atoms with van der Waals surface area (Å²) in [5, 5.41) is 2.78. The lowest BCUT2D eigenvalue weighted by Crippen LogP contribution is -2.25. The minimum atomic E-state index is -3.53. The Hall–Kier alpha value is -3.26. The van der Waals surface area contributed by atoms with Crippen molar-refractivity contribution in [1.29, 1.82) is 0 Å². The lowest BCUT2D eigenvalue weighted by atomic mass is 10.1. The molecule has 1 aromatic heterocycles. The van der Waals surface area contributed by atoms with E-state index < -0.39 is 15.7 Å². The fourth-order valence-corrected chi connectivity index (χ4v) is 4.39. The SMILES string of the molecule is O=C(NCCc1ccc2c(c1)OCCO2)c1ccc(CS(=O)(=O)c2ccccc2)o1. The Morgan fingerprint density at radius 3 is 2.50 bits per heavy atom. The van der Waals surface area contributed by atoms with Crippen molar-refractivity contribution in [2.24, 2.45) is 0 Å². The Labute approximate surface area is 174 Å². The van der Waals surface area contributed by atoms with E-state index >= 15 is 0 Å². The van der Waals surface area contributed by atoms with E-state index in [9.17, 15) is 13.2 Å². The molecule has 3 aromatic rings. The lowest BCUT2D eigenvalue weighted by molar-refractivity contribution is 0.0925. The summed E-state index contributed by atoms with van der Waals surface area (Å²) in [5.74, 6) is 1.03. The quantitative estimate of drug-likeness (QED) is 0.623. The van der Waals surface area contributed by atoms with Gasteiger partial charge in [-0.1, -0.05) is 24.3 Å². The minimum Gasteiger partial charge on any atom is -0.486 e. The van der Waals surface area contributed by atoms with E-state index in [1.165, 1.54) is 24.3 Å². The first kappa shape index (κ1) is 20.0. The number of amides is 1. The summed E-state index contributed by atoms with van der Waals surface area (Å²) in [6, 6.07) is 16.8. The fraction of sp³-hybridized carbons (Fsp3) is 0.227. The summed E-state index contributed by atoms with van der Waals surface area (Å²) < 4.78 is 41.4. The van der Waals surface area contributed by atoms with Crippen molar-refractivity contribution in [2.45, 2.75) is 17.1 Å². The first-order valence-electron chi connectivity index (χ1n) is 9.54. The van der Waals surface area contributed by atoms with Gasteiger partial charge in [-0.25, -0.2) is 8.42 Å². The van der Waals surface area contributed by atoms with Crippen LogP contribution in [0.25, 0.3) is 0 Å². The van der Waals surface area contributed by atoms with Crippen molar-refractivity contribution in [3.8, 4) is 11.5 Å². The van der Waals surface area contributed by atoms with Gasteiger partial charge in [-0.15, -0.1) is 0 Å². The van der Waals surface area contributed by atoms with E-state index in [4.69, 9.17) is 13.9 Å². The van der Waals surface area contributed by atoms with Gasteiger partial charge in [0.05, 0.1) is 4.90 Å². The molecule has 0 radical (unpaired) electrons. The van der Waals surface area contributed by atoms with Gasteiger partial charge < -0.3 is 19.2 Å². The van der Waals surface area contributed by atoms with Gasteiger partial charge in [0.1, 0.15) is 24.7 Å². The van der Waals surface area contributed by atoms with Gasteiger partial charge in [0.15, 0.2) is 27.1 Å². The van der Waals surface area contributed by atoms with E-state index in [1.54, 1.807) is 18.2 Å². The van der Waals surface area contributed by atoms with E-state index in [-0.39, 0.29) is 22.2 Å². The molecule has 8 heteroatoms. The number of sulfone groups is 1. The Morgan fingerprint density at radius 1 is 0.933 bits per heavy atom. The summed E-state index contributed by atoms with van der Waals surface area (Å²) in [4.78, 5) is 12.5. The van der Waals surface area contributed by atoms with E-state index in [1.807, 2.05) is 18.2 Å². The van der Waals surface area contributed by atoms with Crippen LogP contribution in [0.15, 0.2) is 70.0 Å². The molecule has 0 aliphatic carbocycles. The Bertz CT molecular complexity index is 1140. The number of rotatable bonds is 7. The molecule has 0 unspecified atom stereocenters. The molecule has 0 saturated heterocycles. The van der Waals surface area contributed by atoms with Gasteiger partial charge in [0, 0.05) is 6.54 Å². The number of carbonyl (C=O) groups is 1. The third kappa shape index (κ3) is 4.65. The van der Waals surface area contributed by atoms with Crippen LogP contribution in [0, 0.1) is 0 Å². The van der Waals surface area contributed by atoms with Gasteiger partial charge in [-0.05, 0) is 48.4 Å². The zero-order valence-corrected chi connectivity index (χ0v) is 17.0. The maximum Gasteiger partial charge on any atom is 0.287 e. The molecule has 4 rings (SSSR count). The molecule has 1 N–H and O–H groups in total. The highest BCUT2D eigenvalue weighted by atomic mass is 32.2. The summed E-state index contributed by atoms with van der Waals surface area (Å²) in [5.41, 5.74) is 1.01. The molecule has 0 fully saturated rings. The molecule has 7 nitrogen and oxygen atoms in total. The van der Waals surface area contributed by atoms with Crippen LogP contribution >= 0.6 is 0 Å². The first-order chi connectivity index (χ1) is 14.5. The van der Waals surface area contributed by atoms with Crippen molar-refractivity contribution in [3.63, 3.8) is 0 Å². The molecule has 30 heavy (non-hydrogen) atoms. The predicted molar refractivity (Wildman–Crippen MR) is 110 cm³/mol. The van der Waals surface area contributed by atoms with Crippen LogP contribution in [0.5, 0.6) is 11.5 Å². The highest BCUT2D eigenvalue weighted by Gasteiger charge is 2.19. The van der Waals surface area contributed by atoms with Gasteiger partial charge in [0.25, 0.3) is 5.91 Å². The summed E-state index contributed by atoms with van der Waals surface area (Å²) >= 11 is 0. The van der Waals surface area contributed by atoms with Gasteiger partial charge in [-0.3, -0.25) is 4.79 Å². The number of fused-ring (bicyclic) bond motifs is 1. The summed E-state index contributed by atoms with van der Waals surface area (Å²) in [7, 11) is -3.53.